The maximum atomic E-state index is 12.2. The van der Waals surface area contributed by atoms with Crippen molar-refractivity contribution in [2.45, 2.75) is 31.3 Å². The van der Waals surface area contributed by atoms with E-state index in [-0.39, 0.29) is 11.3 Å². The molecule has 0 aliphatic heterocycles. The summed E-state index contributed by atoms with van der Waals surface area (Å²) in [6.07, 6.45) is 3.05. The van der Waals surface area contributed by atoms with Crippen molar-refractivity contribution in [3.63, 3.8) is 0 Å². The third kappa shape index (κ3) is 2.47. The number of aryl methyl sites for hydroxylation is 1. The number of aromatic nitrogens is 2. The summed E-state index contributed by atoms with van der Waals surface area (Å²) in [4.78, 5) is 31.9. The Hall–Kier alpha value is -1.34. The second kappa shape index (κ2) is 5.21. The molecule has 0 radical (unpaired) electrons. The topological polar surface area (TPSA) is 83.0 Å². The molecule has 2 aromatic heterocycles. The molecular formula is C13H14N2O3S2. The number of aromatic amines is 1. The number of aliphatic carboxylic acids is 1. The number of rotatable bonds is 3. The summed E-state index contributed by atoms with van der Waals surface area (Å²) in [7, 11) is 0. The largest absolute Gasteiger partial charge is 0.481 e. The van der Waals surface area contributed by atoms with Gasteiger partial charge in [-0.15, -0.1) is 11.3 Å². The first-order chi connectivity index (χ1) is 9.54. The van der Waals surface area contributed by atoms with Gasteiger partial charge in [-0.25, -0.2) is 4.98 Å². The van der Waals surface area contributed by atoms with Crippen molar-refractivity contribution in [2.75, 3.05) is 5.75 Å². The number of carboxylic acid groups (broad SMARTS) is 1. The molecule has 0 unspecified atom stereocenters. The standard InChI is InChI=1S/C13H14N2O3S2/c1-6-2-3-7-8(4-6)20-12-10(7)11(18)14-13(15-12)19-5-9(16)17/h6H,2-5H2,1H3,(H,16,17)(H,14,15,18)/t6-/m1/s1. The number of fused-ring (bicyclic) bond motifs is 3. The molecule has 7 heteroatoms. The van der Waals surface area contributed by atoms with Crippen LogP contribution in [0.4, 0.5) is 0 Å². The molecular weight excluding hydrogens is 296 g/mol. The summed E-state index contributed by atoms with van der Waals surface area (Å²) in [6.45, 7) is 2.22. The lowest BCUT2D eigenvalue weighted by atomic mass is 9.89. The van der Waals surface area contributed by atoms with Crippen molar-refractivity contribution in [1.29, 1.82) is 0 Å². The molecule has 0 spiro atoms. The number of H-pyrrole nitrogens is 1. The van der Waals surface area contributed by atoms with E-state index in [1.54, 1.807) is 11.3 Å². The quantitative estimate of drug-likeness (QED) is 0.671. The zero-order chi connectivity index (χ0) is 14.3. The Morgan fingerprint density at radius 1 is 1.60 bits per heavy atom. The van der Waals surface area contributed by atoms with Crippen molar-refractivity contribution in [3.8, 4) is 0 Å². The average molecular weight is 310 g/mol. The Bertz CT molecular complexity index is 735. The molecule has 0 saturated carbocycles. The first-order valence-electron chi connectivity index (χ1n) is 6.43. The monoisotopic (exact) mass is 310 g/mol. The molecule has 3 rings (SSSR count). The molecule has 1 atom stereocenters. The van der Waals surface area contributed by atoms with Gasteiger partial charge in [-0.05, 0) is 30.7 Å². The van der Waals surface area contributed by atoms with Crippen molar-refractivity contribution in [3.05, 3.63) is 20.8 Å². The minimum atomic E-state index is -0.919. The van der Waals surface area contributed by atoms with Gasteiger partial charge in [0.1, 0.15) is 4.83 Å². The molecule has 0 amide bonds. The number of carbonyl (C=O) groups is 1. The van der Waals surface area contributed by atoms with Gasteiger partial charge in [-0.3, -0.25) is 9.59 Å². The summed E-state index contributed by atoms with van der Waals surface area (Å²) >= 11 is 2.62. The van der Waals surface area contributed by atoms with Gasteiger partial charge in [-0.2, -0.15) is 0 Å². The molecule has 0 bridgehead atoms. The Labute approximate surface area is 123 Å². The Balaban J connectivity index is 2.05. The molecule has 0 fully saturated rings. The number of carboxylic acids is 1. The van der Waals surface area contributed by atoms with E-state index in [0.29, 0.717) is 16.5 Å². The van der Waals surface area contributed by atoms with Gasteiger partial charge in [0, 0.05) is 4.88 Å². The predicted molar refractivity (Wildman–Crippen MR) is 79.8 cm³/mol. The molecule has 0 aromatic carbocycles. The minimum absolute atomic E-state index is 0.101. The highest BCUT2D eigenvalue weighted by Gasteiger charge is 2.23. The van der Waals surface area contributed by atoms with Gasteiger partial charge >= 0.3 is 5.97 Å². The van der Waals surface area contributed by atoms with E-state index in [2.05, 4.69) is 16.9 Å². The van der Waals surface area contributed by atoms with Gasteiger partial charge in [0.15, 0.2) is 5.16 Å². The molecule has 2 aromatic rings. The third-order valence-electron chi connectivity index (χ3n) is 3.48. The lowest BCUT2D eigenvalue weighted by Gasteiger charge is -2.17. The van der Waals surface area contributed by atoms with Gasteiger partial charge < -0.3 is 10.1 Å². The van der Waals surface area contributed by atoms with Crippen molar-refractivity contribution in [2.24, 2.45) is 5.92 Å². The Kier molecular flexibility index (Phi) is 3.55. The van der Waals surface area contributed by atoms with Crippen LogP contribution < -0.4 is 5.56 Å². The highest BCUT2D eigenvalue weighted by Crippen LogP contribution is 2.36. The Morgan fingerprint density at radius 3 is 3.15 bits per heavy atom. The number of thiophene rings is 1. The highest BCUT2D eigenvalue weighted by atomic mass is 32.2. The SMILES string of the molecule is C[C@@H]1CCc2c(sc3nc(SCC(=O)O)[nH]c(=O)c23)C1. The van der Waals surface area contributed by atoms with Crippen molar-refractivity contribution < 1.29 is 9.90 Å². The fourth-order valence-electron chi connectivity index (χ4n) is 2.53. The van der Waals surface area contributed by atoms with E-state index >= 15 is 0 Å². The first kappa shape index (κ1) is 13.6. The fourth-order valence-corrected chi connectivity index (χ4v) is 4.55. The lowest BCUT2D eigenvalue weighted by Crippen LogP contribution is -2.13. The van der Waals surface area contributed by atoms with Crippen LogP contribution in [0.25, 0.3) is 10.2 Å². The summed E-state index contributed by atoms with van der Waals surface area (Å²) in [5, 5.41) is 9.77. The van der Waals surface area contributed by atoms with Crippen LogP contribution in [-0.2, 0) is 17.6 Å². The van der Waals surface area contributed by atoms with E-state index < -0.39 is 5.97 Å². The van der Waals surface area contributed by atoms with Crippen LogP contribution in [0.1, 0.15) is 23.8 Å². The van der Waals surface area contributed by atoms with Gasteiger partial charge in [0.2, 0.25) is 0 Å². The molecule has 2 heterocycles. The molecule has 106 valence electrons. The number of nitrogens with zero attached hydrogens (tertiary/aromatic N) is 1. The summed E-state index contributed by atoms with van der Waals surface area (Å²) in [6, 6.07) is 0. The van der Waals surface area contributed by atoms with Crippen LogP contribution in [-0.4, -0.2) is 26.8 Å². The first-order valence-corrected chi connectivity index (χ1v) is 8.24. The average Bonchev–Trinajstić information content (AvgIpc) is 2.73. The number of thioether (sulfide) groups is 1. The summed E-state index contributed by atoms with van der Waals surface area (Å²) < 4.78 is 0. The van der Waals surface area contributed by atoms with Crippen LogP contribution in [0.5, 0.6) is 0 Å². The van der Waals surface area contributed by atoms with Crippen LogP contribution in [0.3, 0.4) is 0 Å². The van der Waals surface area contributed by atoms with E-state index in [4.69, 9.17) is 5.11 Å². The molecule has 5 nitrogen and oxygen atoms in total. The predicted octanol–water partition coefficient (Wildman–Crippen LogP) is 2.29. The summed E-state index contributed by atoms with van der Waals surface area (Å²) in [5.41, 5.74) is 1.00. The van der Waals surface area contributed by atoms with Gasteiger partial charge in [-0.1, -0.05) is 18.7 Å². The number of nitrogens with one attached hydrogen (secondary N) is 1. The zero-order valence-electron chi connectivity index (χ0n) is 10.9. The van der Waals surface area contributed by atoms with E-state index in [9.17, 15) is 9.59 Å². The molecule has 1 aliphatic carbocycles. The molecule has 20 heavy (non-hydrogen) atoms. The van der Waals surface area contributed by atoms with E-state index in [0.717, 1.165) is 41.4 Å². The molecule has 2 N–H and O–H groups in total. The number of hydrogen-bond donors (Lipinski definition) is 2. The summed E-state index contributed by atoms with van der Waals surface area (Å²) in [5.74, 6) is -0.371. The van der Waals surface area contributed by atoms with Crippen LogP contribution in [0, 0.1) is 5.92 Å². The van der Waals surface area contributed by atoms with Crippen LogP contribution in [0.15, 0.2) is 9.95 Å². The minimum Gasteiger partial charge on any atom is -0.481 e. The zero-order valence-corrected chi connectivity index (χ0v) is 12.6. The maximum absolute atomic E-state index is 12.2. The fraction of sp³-hybridized carbons (Fsp3) is 0.462. The lowest BCUT2D eigenvalue weighted by molar-refractivity contribution is -0.133. The second-order valence-electron chi connectivity index (χ2n) is 5.09. The maximum Gasteiger partial charge on any atom is 0.313 e. The highest BCUT2D eigenvalue weighted by molar-refractivity contribution is 7.99. The molecule has 0 saturated heterocycles. The van der Waals surface area contributed by atoms with E-state index in [1.807, 2.05) is 0 Å². The van der Waals surface area contributed by atoms with Crippen molar-refractivity contribution in [1.82, 2.24) is 9.97 Å². The molecule has 1 aliphatic rings. The smallest absolute Gasteiger partial charge is 0.313 e. The van der Waals surface area contributed by atoms with Gasteiger partial charge in [0.05, 0.1) is 11.1 Å². The third-order valence-corrected chi connectivity index (χ3v) is 5.48. The van der Waals surface area contributed by atoms with Crippen LogP contribution >= 0.6 is 23.1 Å². The van der Waals surface area contributed by atoms with Gasteiger partial charge in [0.25, 0.3) is 5.56 Å². The second-order valence-corrected chi connectivity index (χ2v) is 7.13. The Morgan fingerprint density at radius 2 is 2.40 bits per heavy atom. The van der Waals surface area contributed by atoms with E-state index in [1.165, 1.54) is 4.88 Å². The normalized spacial score (nSPS) is 18.1. The number of hydrogen-bond acceptors (Lipinski definition) is 5. The van der Waals surface area contributed by atoms with Crippen molar-refractivity contribution >= 4 is 39.3 Å². The van der Waals surface area contributed by atoms with Crippen LogP contribution in [0.2, 0.25) is 0 Å².